The van der Waals surface area contributed by atoms with E-state index in [9.17, 15) is 0 Å². The van der Waals surface area contributed by atoms with Gasteiger partial charge in [-0.15, -0.1) is 0 Å². The highest BCUT2D eigenvalue weighted by atomic mass is 16.3. The third-order valence-corrected chi connectivity index (χ3v) is 3.27. The van der Waals surface area contributed by atoms with Gasteiger partial charge in [-0.25, -0.2) is 0 Å². The first-order valence-corrected chi connectivity index (χ1v) is 6.52. The van der Waals surface area contributed by atoms with Crippen LogP contribution in [0.5, 0.6) is 0 Å². The zero-order valence-electron chi connectivity index (χ0n) is 11.2. The average molecular weight is 273 g/mol. The second kappa shape index (κ2) is 6.36. The van der Waals surface area contributed by atoms with Gasteiger partial charge in [-0.05, 0) is 17.5 Å². The van der Waals surface area contributed by atoms with Crippen LogP contribution in [0.1, 0.15) is 5.56 Å². The van der Waals surface area contributed by atoms with Gasteiger partial charge >= 0.3 is 0 Å². The van der Waals surface area contributed by atoms with Crippen molar-refractivity contribution in [2.24, 2.45) is 5.73 Å². The molecular formula is C15H19N3O2. The predicted octanol–water partition coefficient (Wildman–Crippen LogP) is 0.915. The van der Waals surface area contributed by atoms with Gasteiger partial charge in [-0.2, -0.15) is 0 Å². The zero-order valence-corrected chi connectivity index (χ0v) is 11.2. The van der Waals surface area contributed by atoms with Crippen LogP contribution in [-0.2, 0) is 0 Å². The summed E-state index contributed by atoms with van der Waals surface area (Å²) in [5.41, 5.74) is 7.23. The summed E-state index contributed by atoms with van der Waals surface area (Å²) in [7, 11) is 0. The molecule has 106 valence electrons. The molecule has 0 bridgehead atoms. The second-order valence-corrected chi connectivity index (χ2v) is 4.53. The van der Waals surface area contributed by atoms with Gasteiger partial charge in [-0.3, -0.25) is 5.41 Å². The summed E-state index contributed by atoms with van der Waals surface area (Å²) >= 11 is 0. The highest BCUT2D eigenvalue weighted by Crippen LogP contribution is 2.29. The minimum Gasteiger partial charge on any atom is -0.395 e. The average Bonchev–Trinajstić information content (AvgIpc) is 2.45. The van der Waals surface area contributed by atoms with E-state index in [1.54, 1.807) is 0 Å². The molecule has 0 heterocycles. The summed E-state index contributed by atoms with van der Waals surface area (Å²) in [4.78, 5) is 1.92. The van der Waals surface area contributed by atoms with Gasteiger partial charge in [0, 0.05) is 29.7 Å². The van der Waals surface area contributed by atoms with E-state index in [1.165, 1.54) is 0 Å². The number of rotatable bonds is 6. The Kier molecular flexibility index (Phi) is 4.55. The van der Waals surface area contributed by atoms with Gasteiger partial charge < -0.3 is 20.8 Å². The fourth-order valence-electron chi connectivity index (χ4n) is 2.39. The summed E-state index contributed by atoms with van der Waals surface area (Å²) in [6, 6.07) is 11.4. The lowest BCUT2D eigenvalue weighted by molar-refractivity contribution is 0.281. The van der Waals surface area contributed by atoms with Crippen LogP contribution in [0, 0.1) is 5.41 Å². The third-order valence-electron chi connectivity index (χ3n) is 3.27. The first-order chi connectivity index (χ1) is 9.69. The fourth-order valence-corrected chi connectivity index (χ4v) is 2.39. The molecule has 0 saturated heterocycles. The number of nitrogens with two attached hydrogens (primary N) is 1. The Hall–Kier alpha value is -2.11. The minimum absolute atomic E-state index is 0.0167. The van der Waals surface area contributed by atoms with E-state index < -0.39 is 0 Å². The monoisotopic (exact) mass is 273 g/mol. The van der Waals surface area contributed by atoms with Crippen LogP contribution in [0.3, 0.4) is 0 Å². The van der Waals surface area contributed by atoms with Crippen molar-refractivity contribution in [2.45, 2.75) is 0 Å². The lowest BCUT2D eigenvalue weighted by atomic mass is 10.0. The first-order valence-electron chi connectivity index (χ1n) is 6.52. The molecule has 5 N–H and O–H groups in total. The molecule has 2 aromatic rings. The third kappa shape index (κ3) is 2.74. The summed E-state index contributed by atoms with van der Waals surface area (Å²) in [6.07, 6.45) is 0. The molecule has 0 unspecified atom stereocenters. The predicted molar refractivity (Wildman–Crippen MR) is 81.3 cm³/mol. The molecule has 20 heavy (non-hydrogen) atoms. The van der Waals surface area contributed by atoms with Crippen molar-refractivity contribution in [3.63, 3.8) is 0 Å². The van der Waals surface area contributed by atoms with Crippen LogP contribution in [0.4, 0.5) is 5.69 Å². The molecule has 0 radical (unpaired) electrons. The summed E-state index contributed by atoms with van der Waals surface area (Å²) in [5, 5.41) is 27.8. The Morgan fingerprint density at radius 2 is 1.60 bits per heavy atom. The van der Waals surface area contributed by atoms with Gasteiger partial charge in [0.25, 0.3) is 0 Å². The molecule has 5 nitrogen and oxygen atoms in total. The van der Waals surface area contributed by atoms with Gasteiger partial charge in [0.05, 0.1) is 13.2 Å². The van der Waals surface area contributed by atoms with E-state index in [4.69, 9.17) is 21.4 Å². The van der Waals surface area contributed by atoms with Crippen LogP contribution in [0.15, 0.2) is 36.4 Å². The number of amidine groups is 1. The Morgan fingerprint density at radius 1 is 1.00 bits per heavy atom. The molecule has 2 rings (SSSR count). The number of benzene rings is 2. The summed E-state index contributed by atoms with van der Waals surface area (Å²) in [5.74, 6) is 0.0311. The summed E-state index contributed by atoms with van der Waals surface area (Å²) in [6.45, 7) is 0.930. The van der Waals surface area contributed by atoms with Crippen LogP contribution in [0.2, 0.25) is 0 Å². The summed E-state index contributed by atoms with van der Waals surface area (Å²) < 4.78 is 0. The number of nitrogen functional groups attached to an aromatic ring is 1. The largest absolute Gasteiger partial charge is 0.395 e. The Balaban J connectivity index is 2.59. The topological polar surface area (TPSA) is 93.6 Å². The standard InChI is InChI=1S/C15H19N3O2/c16-15(17)13-5-6-14(18(7-9-19)8-10-20)12-4-2-1-3-11(12)13/h1-6,19-20H,7-10H2,(H3,16,17). The van der Waals surface area contributed by atoms with E-state index in [-0.39, 0.29) is 19.0 Å². The number of hydrogen-bond acceptors (Lipinski definition) is 4. The highest BCUT2D eigenvalue weighted by molar-refractivity contribution is 6.10. The molecule has 0 aliphatic rings. The second-order valence-electron chi connectivity index (χ2n) is 4.53. The molecule has 0 atom stereocenters. The maximum absolute atomic E-state index is 9.16. The molecule has 0 saturated carbocycles. The van der Waals surface area contributed by atoms with Gasteiger partial charge in [0.2, 0.25) is 0 Å². The number of anilines is 1. The van der Waals surface area contributed by atoms with E-state index >= 15 is 0 Å². The molecular weight excluding hydrogens is 254 g/mol. The number of hydrogen-bond donors (Lipinski definition) is 4. The van der Waals surface area contributed by atoms with E-state index in [0.29, 0.717) is 18.7 Å². The number of aliphatic hydroxyl groups excluding tert-OH is 2. The first kappa shape index (κ1) is 14.3. The maximum atomic E-state index is 9.16. The molecule has 0 amide bonds. The van der Waals surface area contributed by atoms with Crippen molar-refractivity contribution in [3.05, 3.63) is 42.0 Å². The van der Waals surface area contributed by atoms with Crippen LogP contribution in [0.25, 0.3) is 10.8 Å². The van der Waals surface area contributed by atoms with E-state index in [0.717, 1.165) is 16.5 Å². The highest BCUT2D eigenvalue weighted by Gasteiger charge is 2.12. The molecule has 0 spiro atoms. The lowest BCUT2D eigenvalue weighted by Gasteiger charge is -2.25. The van der Waals surface area contributed by atoms with Crippen LogP contribution in [-0.4, -0.2) is 42.4 Å². The Labute approximate surface area is 117 Å². The van der Waals surface area contributed by atoms with E-state index in [1.807, 2.05) is 41.3 Å². The van der Waals surface area contributed by atoms with Crippen molar-refractivity contribution in [3.8, 4) is 0 Å². The molecule has 0 aliphatic carbocycles. The smallest absolute Gasteiger partial charge is 0.123 e. The minimum atomic E-state index is 0.0167. The Morgan fingerprint density at radius 3 is 2.15 bits per heavy atom. The van der Waals surface area contributed by atoms with Crippen molar-refractivity contribution >= 4 is 22.3 Å². The molecule has 0 fully saturated rings. The molecule has 0 aromatic heterocycles. The molecule has 2 aromatic carbocycles. The molecule has 5 heteroatoms. The number of nitrogens with zero attached hydrogens (tertiary/aromatic N) is 1. The van der Waals surface area contributed by atoms with Crippen molar-refractivity contribution in [1.82, 2.24) is 0 Å². The Bertz CT molecular complexity index is 607. The van der Waals surface area contributed by atoms with Crippen LogP contribution >= 0.6 is 0 Å². The van der Waals surface area contributed by atoms with Gasteiger partial charge in [0.1, 0.15) is 5.84 Å². The number of fused-ring (bicyclic) bond motifs is 1. The van der Waals surface area contributed by atoms with Gasteiger partial charge in [0.15, 0.2) is 0 Å². The lowest BCUT2D eigenvalue weighted by Crippen LogP contribution is -2.30. The maximum Gasteiger partial charge on any atom is 0.123 e. The fraction of sp³-hybridized carbons (Fsp3) is 0.267. The quantitative estimate of drug-likeness (QED) is 0.465. The van der Waals surface area contributed by atoms with Crippen molar-refractivity contribution in [2.75, 3.05) is 31.2 Å². The van der Waals surface area contributed by atoms with Crippen LogP contribution < -0.4 is 10.6 Å². The van der Waals surface area contributed by atoms with Crippen molar-refractivity contribution in [1.29, 1.82) is 5.41 Å². The van der Waals surface area contributed by atoms with E-state index in [2.05, 4.69) is 0 Å². The SMILES string of the molecule is N=C(N)c1ccc(N(CCO)CCO)c2ccccc12. The normalized spacial score (nSPS) is 10.7. The zero-order chi connectivity index (χ0) is 14.5. The number of nitrogens with one attached hydrogen (secondary N) is 1. The number of aliphatic hydroxyl groups is 2. The molecule has 0 aliphatic heterocycles. The van der Waals surface area contributed by atoms with Crippen molar-refractivity contribution < 1.29 is 10.2 Å². The van der Waals surface area contributed by atoms with Gasteiger partial charge in [-0.1, -0.05) is 24.3 Å².